The van der Waals surface area contributed by atoms with Gasteiger partial charge in [-0.15, -0.1) is 0 Å². The quantitative estimate of drug-likeness (QED) is 0.476. The molecular weight excluding hydrogens is 392 g/mol. The summed E-state index contributed by atoms with van der Waals surface area (Å²) in [6, 6.07) is 13.5. The highest BCUT2D eigenvalue weighted by Crippen LogP contribution is 2.32. The molecule has 0 spiro atoms. The number of thioether (sulfide) groups is 1. The number of amides is 2. The van der Waals surface area contributed by atoms with Crippen LogP contribution in [-0.4, -0.2) is 39.0 Å². The maximum Gasteiger partial charge on any atom is 0.266 e. The van der Waals surface area contributed by atoms with Crippen molar-refractivity contribution in [3.63, 3.8) is 0 Å². The molecule has 1 fully saturated rings. The Bertz CT molecular complexity index is 863. The highest BCUT2D eigenvalue weighted by Gasteiger charge is 2.32. The zero-order chi connectivity index (χ0) is 19.9. The number of hydrogen-bond donors (Lipinski definition) is 0. The highest BCUT2D eigenvalue weighted by molar-refractivity contribution is 8.26. The summed E-state index contributed by atoms with van der Waals surface area (Å²) in [7, 11) is 0. The van der Waals surface area contributed by atoms with Gasteiger partial charge in [0.2, 0.25) is 5.91 Å². The van der Waals surface area contributed by atoms with Crippen molar-refractivity contribution in [1.29, 1.82) is 0 Å². The number of carbonyl (C=O) groups excluding carboxylic acids is 2. The van der Waals surface area contributed by atoms with Crippen LogP contribution in [0.2, 0.25) is 0 Å². The molecule has 0 atom stereocenters. The minimum atomic E-state index is -0.129. The Hall–Kier alpha value is -2.38. The van der Waals surface area contributed by atoms with E-state index in [2.05, 4.69) is 0 Å². The molecule has 1 aliphatic heterocycles. The summed E-state index contributed by atoms with van der Waals surface area (Å²) in [5.41, 5.74) is 1.11. The Kier molecular flexibility index (Phi) is 7.06. The van der Waals surface area contributed by atoms with Gasteiger partial charge in [-0.3, -0.25) is 14.5 Å². The predicted octanol–water partition coefficient (Wildman–Crippen LogP) is 4.31. The van der Waals surface area contributed by atoms with Gasteiger partial charge in [-0.25, -0.2) is 0 Å². The summed E-state index contributed by atoms with van der Waals surface area (Å²) in [4.78, 5) is 29.1. The van der Waals surface area contributed by atoms with Crippen molar-refractivity contribution < 1.29 is 14.0 Å². The van der Waals surface area contributed by atoms with Crippen molar-refractivity contribution in [2.45, 2.75) is 26.3 Å². The van der Waals surface area contributed by atoms with Crippen molar-refractivity contribution in [1.82, 2.24) is 9.80 Å². The van der Waals surface area contributed by atoms with E-state index >= 15 is 0 Å². The summed E-state index contributed by atoms with van der Waals surface area (Å²) in [6.45, 7) is 3.67. The molecule has 2 aromatic rings. The maximum atomic E-state index is 12.6. The van der Waals surface area contributed by atoms with Crippen LogP contribution in [0.5, 0.6) is 0 Å². The van der Waals surface area contributed by atoms with Crippen molar-refractivity contribution >= 4 is 46.2 Å². The van der Waals surface area contributed by atoms with Gasteiger partial charge in [0.25, 0.3) is 5.91 Å². The van der Waals surface area contributed by atoms with E-state index in [9.17, 15) is 9.59 Å². The van der Waals surface area contributed by atoms with E-state index in [0.29, 0.717) is 47.5 Å². The number of thiocarbonyl (C=S) groups is 1. The predicted molar refractivity (Wildman–Crippen MR) is 115 cm³/mol. The summed E-state index contributed by atoms with van der Waals surface area (Å²) in [5, 5.41) is 0. The van der Waals surface area contributed by atoms with Crippen LogP contribution in [0.25, 0.3) is 6.08 Å². The molecule has 1 aliphatic rings. The molecule has 0 bridgehead atoms. The third-order valence-electron chi connectivity index (χ3n) is 4.41. The SMILES string of the molecule is CCN(Cc1ccccc1)C(=O)CCCN1C(=O)C(=Cc2ccco2)SC1=S. The number of rotatable bonds is 8. The van der Waals surface area contributed by atoms with Crippen molar-refractivity contribution in [3.05, 3.63) is 65.0 Å². The Labute approximate surface area is 174 Å². The fraction of sp³-hybridized carbons (Fsp3) is 0.286. The van der Waals surface area contributed by atoms with E-state index < -0.39 is 0 Å². The number of benzene rings is 1. The fourth-order valence-corrected chi connectivity index (χ4v) is 4.21. The minimum absolute atomic E-state index is 0.0860. The van der Waals surface area contributed by atoms with E-state index in [0.717, 1.165) is 5.56 Å². The van der Waals surface area contributed by atoms with Gasteiger partial charge in [0.1, 0.15) is 10.1 Å². The summed E-state index contributed by atoms with van der Waals surface area (Å²) in [5.74, 6) is 0.577. The van der Waals surface area contributed by atoms with Crippen LogP contribution in [-0.2, 0) is 16.1 Å². The molecule has 2 amide bonds. The van der Waals surface area contributed by atoms with Gasteiger partial charge in [-0.05, 0) is 31.0 Å². The third kappa shape index (κ3) is 5.11. The average Bonchev–Trinajstić information content (AvgIpc) is 3.30. The maximum absolute atomic E-state index is 12.6. The van der Waals surface area contributed by atoms with E-state index in [1.54, 1.807) is 29.4 Å². The lowest BCUT2D eigenvalue weighted by Gasteiger charge is -2.22. The zero-order valence-electron chi connectivity index (χ0n) is 15.7. The van der Waals surface area contributed by atoms with Crippen LogP contribution in [0.1, 0.15) is 31.1 Å². The number of nitrogens with zero attached hydrogens (tertiary/aromatic N) is 2. The summed E-state index contributed by atoms with van der Waals surface area (Å²) < 4.78 is 5.78. The molecule has 1 aromatic heterocycles. The monoisotopic (exact) mass is 414 g/mol. The lowest BCUT2D eigenvalue weighted by molar-refractivity contribution is -0.132. The first-order valence-electron chi connectivity index (χ1n) is 9.19. The van der Waals surface area contributed by atoms with Crippen LogP contribution < -0.4 is 0 Å². The van der Waals surface area contributed by atoms with Gasteiger partial charge in [0.15, 0.2) is 0 Å². The smallest absolute Gasteiger partial charge is 0.266 e. The minimum Gasteiger partial charge on any atom is -0.465 e. The van der Waals surface area contributed by atoms with E-state index in [-0.39, 0.29) is 11.8 Å². The van der Waals surface area contributed by atoms with E-state index in [1.165, 1.54) is 11.8 Å². The van der Waals surface area contributed by atoms with E-state index in [4.69, 9.17) is 16.6 Å². The molecule has 0 aliphatic carbocycles. The first kappa shape index (κ1) is 20.4. The molecule has 0 saturated carbocycles. The van der Waals surface area contributed by atoms with Gasteiger partial charge in [0, 0.05) is 32.1 Å². The molecule has 146 valence electrons. The molecule has 0 radical (unpaired) electrons. The largest absolute Gasteiger partial charge is 0.465 e. The second-order valence-corrected chi connectivity index (χ2v) is 8.02. The topological polar surface area (TPSA) is 53.8 Å². The van der Waals surface area contributed by atoms with Gasteiger partial charge in [-0.2, -0.15) is 0 Å². The molecule has 0 unspecified atom stereocenters. The molecule has 2 heterocycles. The second kappa shape index (κ2) is 9.71. The fourth-order valence-electron chi connectivity index (χ4n) is 2.92. The first-order chi connectivity index (χ1) is 13.6. The third-order valence-corrected chi connectivity index (χ3v) is 5.79. The zero-order valence-corrected chi connectivity index (χ0v) is 17.3. The van der Waals surface area contributed by atoms with Gasteiger partial charge in [-0.1, -0.05) is 54.3 Å². The highest BCUT2D eigenvalue weighted by atomic mass is 32.2. The second-order valence-electron chi connectivity index (χ2n) is 6.35. The van der Waals surface area contributed by atoms with Crippen molar-refractivity contribution in [2.24, 2.45) is 0 Å². The van der Waals surface area contributed by atoms with Crippen LogP contribution >= 0.6 is 24.0 Å². The number of furan rings is 1. The van der Waals surface area contributed by atoms with Crippen LogP contribution in [0.4, 0.5) is 0 Å². The molecule has 7 heteroatoms. The Balaban J connectivity index is 1.51. The average molecular weight is 415 g/mol. The summed E-state index contributed by atoms with van der Waals surface area (Å²) >= 11 is 6.60. The first-order valence-corrected chi connectivity index (χ1v) is 10.4. The molecule has 1 saturated heterocycles. The Morgan fingerprint density at radius 1 is 1.25 bits per heavy atom. The van der Waals surface area contributed by atoms with Crippen LogP contribution in [0.3, 0.4) is 0 Å². The number of hydrogen-bond acceptors (Lipinski definition) is 5. The van der Waals surface area contributed by atoms with Crippen molar-refractivity contribution in [3.8, 4) is 0 Å². The lowest BCUT2D eigenvalue weighted by Crippen LogP contribution is -2.32. The molecular formula is C21H22N2O3S2. The van der Waals surface area contributed by atoms with E-state index in [1.807, 2.05) is 42.2 Å². The van der Waals surface area contributed by atoms with Crippen molar-refractivity contribution in [2.75, 3.05) is 13.1 Å². The van der Waals surface area contributed by atoms with Gasteiger partial charge < -0.3 is 9.32 Å². The van der Waals surface area contributed by atoms with Gasteiger partial charge >= 0.3 is 0 Å². The molecule has 1 aromatic carbocycles. The Morgan fingerprint density at radius 3 is 2.71 bits per heavy atom. The van der Waals surface area contributed by atoms with Crippen LogP contribution in [0, 0.1) is 0 Å². The molecule has 0 N–H and O–H groups in total. The molecule has 28 heavy (non-hydrogen) atoms. The van der Waals surface area contributed by atoms with Gasteiger partial charge in [0.05, 0.1) is 11.2 Å². The molecule has 3 rings (SSSR count). The molecule has 5 nitrogen and oxygen atoms in total. The Morgan fingerprint density at radius 2 is 2.04 bits per heavy atom. The normalized spacial score (nSPS) is 15.5. The lowest BCUT2D eigenvalue weighted by atomic mass is 10.2. The van der Waals surface area contributed by atoms with Crippen LogP contribution in [0.15, 0.2) is 58.1 Å². The summed E-state index contributed by atoms with van der Waals surface area (Å²) in [6.07, 6.45) is 4.22. The number of carbonyl (C=O) groups is 2. The standard InChI is InChI=1S/C21H22N2O3S2/c1-2-22(15-16-8-4-3-5-9-16)19(24)11-6-12-23-20(25)18(28-21(23)27)14-17-10-7-13-26-17/h3-5,7-10,13-14H,2,6,11-12,15H2,1H3.